The summed E-state index contributed by atoms with van der Waals surface area (Å²) < 4.78 is 25.3. The van der Waals surface area contributed by atoms with E-state index in [1.54, 1.807) is 24.3 Å². The van der Waals surface area contributed by atoms with Crippen LogP contribution in [0.25, 0.3) is 0 Å². The Kier molecular flexibility index (Phi) is 8.58. The van der Waals surface area contributed by atoms with E-state index in [1.165, 1.54) is 5.56 Å². The van der Waals surface area contributed by atoms with E-state index in [4.69, 9.17) is 21.8 Å². The van der Waals surface area contributed by atoms with Gasteiger partial charge in [-0.05, 0) is 42.8 Å². The first kappa shape index (κ1) is 23.6. The molecule has 3 rings (SSSR count). The maximum Gasteiger partial charge on any atom is 0.328 e. The highest BCUT2D eigenvalue weighted by Crippen LogP contribution is 2.25. The summed E-state index contributed by atoms with van der Waals surface area (Å²) in [7, 11) is -3.28. The molecule has 1 atom stereocenters. The van der Waals surface area contributed by atoms with Crippen LogP contribution in [0.2, 0.25) is 5.02 Å². The van der Waals surface area contributed by atoms with Crippen LogP contribution in [0.5, 0.6) is 0 Å². The summed E-state index contributed by atoms with van der Waals surface area (Å²) in [6.07, 6.45) is 1.79. The molecule has 1 saturated heterocycles. The van der Waals surface area contributed by atoms with Crippen LogP contribution in [-0.4, -0.2) is 53.8 Å². The summed E-state index contributed by atoms with van der Waals surface area (Å²) in [5.41, 5.74) is 1.21. The SMILES string of the molecule is O=C(O)/C=C\C(=O)O.O=S(=O)(c1ccc(Cl)cc1)C1CCN(Cc2ccccc2)C1. The second-order valence-electron chi connectivity index (χ2n) is 6.64. The number of likely N-dealkylation sites (tertiary alicyclic amines) is 1. The number of halogens is 1. The third-order valence-corrected chi connectivity index (χ3v) is 6.87. The Balaban J connectivity index is 0.000000343. The molecule has 0 saturated carbocycles. The van der Waals surface area contributed by atoms with Crippen LogP contribution in [0, 0.1) is 0 Å². The fourth-order valence-electron chi connectivity index (χ4n) is 2.99. The number of benzene rings is 2. The first-order valence-corrected chi connectivity index (χ1v) is 11.0. The number of nitrogens with zero attached hydrogens (tertiary/aromatic N) is 1. The molecule has 2 aromatic rings. The zero-order chi connectivity index (χ0) is 22.1. The van der Waals surface area contributed by atoms with E-state index < -0.39 is 21.8 Å². The van der Waals surface area contributed by atoms with Gasteiger partial charge < -0.3 is 10.2 Å². The molecule has 0 bridgehead atoms. The van der Waals surface area contributed by atoms with Crippen molar-refractivity contribution in [2.75, 3.05) is 13.1 Å². The van der Waals surface area contributed by atoms with E-state index >= 15 is 0 Å². The molecule has 1 aliphatic rings. The van der Waals surface area contributed by atoms with Gasteiger partial charge in [0, 0.05) is 30.3 Å². The van der Waals surface area contributed by atoms with Crippen LogP contribution in [0.4, 0.5) is 0 Å². The molecule has 0 spiro atoms. The van der Waals surface area contributed by atoms with Gasteiger partial charge >= 0.3 is 11.9 Å². The van der Waals surface area contributed by atoms with Gasteiger partial charge in [0.05, 0.1) is 10.1 Å². The smallest absolute Gasteiger partial charge is 0.328 e. The lowest BCUT2D eigenvalue weighted by molar-refractivity contribution is -0.134. The summed E-state index contributed by atoms with van der Waals surface area (Å²) in [6.45, 7) is 2.19. The van der Waals surface area contributed by atoms with Gasteiger partial charge in [-0.1, -0.05) is 41.9 Å². The molecule has 0 aliphatic carbocycles. The van der Waals surface area contributed by atoms with Crippen molar-refractivity contribution in [3.8, 4) is 0 Å². The molecular formula is C21H22ClNO6S. The van der Waals surface area contributed by atoms with Crippen LogP contribution in [-0.2, 0) is 26.0 Å². The summed E-state index contributed by atoms with van der Waals surface area (Å²) >= 11 is 5.83. The summed E-state index contributed by atoms with van der Waals surface area (Å²) in [5.74, 6) is -2.51. The summed E-state index contributed by atoms with van der Waals surface area (Å²) in [4.78, 5) is 21.7. The van der Waals surface area contributed by atoms with Gasteiger partial charge in [-0.2, -0.15) is 0 Å². The van der Waals surface area contributed by atoms with Gasteiger partial charge in [-0.3, -0.25) is 4.90 Å². The van der Waals surface area contributed by atoms with Crippen LogP contribution >= 0.6 is 11.6 Å². The first-order chi connectivity index (χ1) is 14.2. The normalized spacial score (nSPS) is 16.8. The lowest BCUT2D eigenvalue weighted by Crippen LogP contribution is -2.27. The maximum atomic E-state index is 12.7. The second kappa shape index (κ2) is 10.9. The molecule has 1 unspecified atom stereocenters. The van der Waals surface area contributed by atoms with E-state index in [1.807, 2.05) is 18.2 Å². The van der Waals surface area contributed by atoms with Crippen molar-refractivity contribution >= 4 is 33.4 Å². The van der Waals surface area contributed by atoms with Crippen molar-refractivity contribution in [3.05, 3.63) is 77.3 Å². The Labute approximate surface area is 180 Å². The minimum absolute atomic E-state index is 0.336. The fraction of sp³-hybridized carbons (Fsp3) is 0.238. The minimum Gasteiger partial charge on any atom is -0.478 e. The lowest BCUT2D eigenvalue weighted by Gasteiger charge is -2.16. The van der Waals surface area contributed by atoms with Gasteiger partial charge in [-0.25, -0.2) is 18.0 Å². The highest BCUT2D eigenvalue weighted by molar-refractivity contribution is 7.92. The molecule has 0 amide bonds. The fourth-order valence-corrected chi connectivity index (χ4v) is 4.84. The highest BCUT2D eigenvalue weighted by atomic mass is 35.5. The predicted molar refractivity (Wildman–Crippen MR) is 113 cm³/mol. The molecule has 0 radical (unpaired) electrons. The van der Waals surface area contributed by atoms with E-state index in [0.29, 0.717) is 35.0 Å². The minimum atomic E-state index is -3.28. The third kappa shape index (κ3) is 7.29. The molecule has 160 valence electrons. The Morgan fingerprint density at radius 3 is 2.10 bits per heavy atom. The summed E-state index contributed by atoms with van der Waals surface area (Å²) in [6, 6.07) is 16.6. The third-order valence-electron chi connectivity index (χ3n) is 4.43. The molecule has 2 N–H and O–H groups in total. The van der Waals surface area contributed by atoms with Crippen molar-refractivity contribution in [1.82, 2.24) is 4.90 Å². The van der Waals surface area contributed by atoms with E-state index in [0.717, 1.165) is 13.1 Å². The van der Waals surface area contributed by atoms with E-state index in [-0.39, 0.29) is 5.25 Å². The zero-order valence-electron chi connectivity index (χ0n) is 16.0. The maximum absolute atomic E-state index is 12.7. The number of hydrogen-bond acceptors (Lipinski definition) is 5. The molecule has 9 heteroatoms. The standard InChI is InChI=1S/C17H18ClNO2S.C4H4O4/c18-15-6-8-16(9-7-15)22(20,21)17-10-11-19(13-17)12-14-4-2-1-3-5-14;5-3(6)1-2-4(7)8/h1-9,17H,10-13H2;1-2H,(H,5,6)(H,7,8)/b;2-1-. The van der Waals surface area contributed by atoms with Gasteiger partial charge in [0.2, 0.25) is 0 Å². The number of sulfone groups is 1. The topological polar surface area (TPSA) is 112 Å². The van der Waals surface area contributed by atoms with Crippen molar-refractivity contribution in [2.24, 2.45) is 0 Å². The highest BCUT2D eigenvalue weighted by Gasteiger charge is 2.34. The van der Waals surface area contributed by atoms with Crippen molar-refractivity contribution < 1.29 is 28.2 Å². The van der Waals surface area contributed by atoms with Crippen LogP contribution < -0.4 is 0 Å². The summed E-state index contributed by atoms with van der Waals surface area (Å²) in [5, 5.41) is 15.8. The molecule has 1 aliphatic heterocycles. The quantitative estimate of drug-likeness (QED) is 0.649. The number of aliphatic carboxylic acids is 2. The number of carboxylic acid groups (broad SMARTS) is 2. The Morgan fingerprint density at radius 1 is 1.00 bits per heavy atom. The molecule has 30 heavy (non-hydrogen) atoms. The van der Waals surface area contributed by atoms with Gasteiger partial charge in [0.15, 0.2) is 9.84 Å². The van der Waals surface area contributed by atoms with Crippen LogP contribution in [0.1, 0.15) is 12.0 Å². The first-order valence-electron chi connectivity index (χ1n) is 9.08. The molecule has 2 aromatic carbocycles. The number of hydrogen-bond donors (Lipinski definition) is 2. The van der Waals surface area contributed by atoms with Gasteiger partial charge in [0.1, 0.15) is 0 Å². The number of carboxylic acids is 2. The van der Waals surface area contributed by atoms with Gasteiger partial charge in [0.25, 0.3) is 0 Å². The average molecular weight is 452 g/mol. The largest absolute Gasteiger partial charge is 0.478 e. The van der Waals surface area contributed by atoms with Crippen molar-refractivity contribution in [2.45, 2.75) is 23.1 Å². The van der Waals surface area contributed by atoms with E-state index in [2.05, 4.69) is 17.0 Å². The van der Waals surface area contributed by atoms with Crippen molar-refractivity contribution in [1.29, 1.82) is 0 Å². The van der Waals surface area contributed by atoms with Crippen LogP contribution in [0.15, 0.2) is 71.6 Å². The molecule has 1 heterocycles. The Hall–Kier alpha value is -2.68. The van der Waals surface area contributed by atoms with Gasteiger partial charge in [-0.15, -0.1) is 0 Å². The van der Waals surface area contributed by atoms with E-state index in [9.17, 15) is 18.0 Å². The lowest BCUT2D eigenvalue weighted by atomic mass is 10.2. The predicted octanol–water partition coefficient (Wildman–Crippen LogP) is 3.10. The van der Waals surface area contributed by atoms with Crippen molar-refractivity contribution in [3.63, 3.8) is 0 Å². The molecule has 7 nitrogen and oxygen atoms in total. The number of rotatable bonds is 6. The monoisotopic (exact) mass is 451 g/mol. The molecule has 1 fully saturated rings. The molecular weight excluding hydrogens is 430 g/mol. The molecule has 0 aromatic heterocycles. The van der Waals surface area contributed by atoms with Crippen LogP contribution in [0.3, 0.4) is 0 Å². The number of carbonyl (C=O) groups is 2. The average Bonchev–Trinajstić information content (AvgIpc) is 3.17. The zero-order valence-corrected chi connectivity index (χ0v) is 17.6. The Morgan fingerprint density at radius 2 is 1.57 bits per heavy atom. The Bertz CT molecular complexity index is 974. The second-order valence-corrected chi connectivity index (χ2v) is 9.30.